The normalized spacial score (nSPS) is 23.4. The number of rotatable bonds is 7. The van der Waals surface area contributed by atoms with Crippen LogP contribution in [0.25, 0.3) is 0 Å². The van der Waals surface area contributed by atoms with E-state index in [0.29, 0.717) is 23.2 Å². The van der Waals surface area contributed by atoms with Gasteiger partial charge in [0.2, 0.25) is 0 Å². The van der Waals surface area contributed by atoms with E-state index >= 15 is 0 Å². The smallest absolute Gasteiger partial charge is 0.260 e. The number of nitrogens with zero attached hydrogens (tertiary/aromatic N) is 1. The predicted octanol–water partition coefficient (Wildman–Crippen LogP) is 1.96. The monoisotopic (exact) mass is 382 g/mol. The number of para-hydroxylation sites is 1. The van der Waals surface area contributed by atoms with Crippen LogP contribution in [0.1, 0.15) is 13.3 Å². The molecule has 26 heavy (non-hydrogen) atoms. The average molecular weight is 383 g/mol. The molecular weight excluding hydrogens is 356 g/mol. The summed E-state index contributed by atoms with van der Waals surface area (Å²) in [6.45, 7) is 7.14. The first-order valence-electron chi connectivity index (χ1n) is 9.23. The molecule has 0 aliphatic carbocycles. The van der Waals surface area contributed by atoms with Gasteiger partial charge in [0, 0.05) is 38.2 Å². The van der Waals surface area contributed by atoms with Crippen LogP contribution < -0.4 is 10.1 Å². The van der Waals surface area contributed by atoms with Crippen LogP contribution in [0.15, 0.2) is 24.3 Å². The molecule has 3 unspecified atom stereocenters. The van der Waals surface area contributed by atoms with Gasteiger partial charge in [0.25, 0.3) is 5.91 Å². The Morgan fingerprint density at radius 3 is 2.77 bits per heavy atom. The second kappa shape index (κ2) is 9.55. The predicted molar refractivity (Wildman–Crippen MR) is 99.7 cm³/mol. The summed E-state index contributed by atoms with van der Waals surface area (Å²) in [6.07, 6.45) is 0.420. The maximum absolute atomic E-state index is 12.5. The minimum absolute atomic E-state index is 0.137. The number of morpholine rings is 1. The van der Waals surface area contributed by atoms with E-state index < -0.39 is 6.10 Å². The fourth-order valence-electron chi connectivity index (χ4n) is 3.49. The third-order valence-electron chi connectivity index (χ3n) is 5.02. The van der Waals surface area contributed by atoms with Crippen LogP contribution >= 0.6 is 11.6 Å². The van der Waals surface area contributed by atoms with E-state index in [4.69, 9.17) is 25.8 Å². The van der Waals surface area contributed by atoms with Crippen LogP contribution in [0.3, 0.4) is 0 Å². The molecule has 1 N–H and O–H groups in total. The number of hydrogen-bond acceptors (Lipinski definition) is 5. The van der Waals surface area contributed by atoms with E-state index in [1.54, 1.807) is 19.1 Å². The molecule has 1 amide bonds. The van der Waals surface area contributed by atoms with Crippen LogP contribution in [0.2, 0.25) is 5.02 Å². The molecule has 2 heterocycles. The van der Waals surface area contributed by atoms with Crippen LogP contribution in [0.4, 0.5) is 0 Å². The van der Waals surface area contributed by atoms with Crippen molar-refractivity contribution in [2.75, 3.05) is 46.1 Å². The number of halogens is 1. The number of amides is 1. The maximum Gasteiger partial charge on any atom is 0.260 e. The van der Waals surface area contributed by atoms with Gasteiger partial charge in [-0.25, -0.2) is 0 Å². The summed E-state index contributed by atoms with van der Waals surface area (Å²) in [5, 5.41) is 3.55. The van der Waals surface area contributed by atoms with Gasteiger partial charge in [0.15, 0.2) is 6.10 Å². The molecule has 144 valence electrons. The molecule has 3 rings (SSSR count). The van der Waals surface area contributed by atoms with E-state index in [1.165, 1.54) is 0 Å². The molecule has 1 aromatic rings. The van der Waals surface area contributed by atoms with Gasteiger partial charge in [0.1, 0.15) is 5.75 Å². The van der Waals surface area contributed by atoms with Gasteiger partial charge in [-0.15, -0.1) is 0 Å². The zero-order chi connectivity index (χ0) is 18.4. The SMILES string of the molecule is CC(Oc1ccccc1Cl)C(=O)NCC(C1CCOC1)N1CCOCC1. The second-order valence-electron chi connectivity index (χ2n) is 6.78. The number of carbonyl (C=O) groups is 1. The highest BCUT2D eigenvalue weighted by Crippen LogP contribution is 2.24. The molecule has 0 aromatic heterocycles. The first kappa shape index (κ1) is 19.4. The summed E-state index contributed by atoms with van der Waals surface area (Å²) >= 11 is 6.10. The topological polar surface area (TPSA) is 60.0 Å². The Morgan fingerprint density at radius 1 is 1.31 bits per heavy atom. The summed E-state index contributed by atoms with van der Waals surface area (Å²) in [5.41, 5.74) is 0. The Morgan fingerprint density at radius 2 is 2.08 bits per heavy atom. The summed E-state index contributed by atoms with van der Waals surface area (Å²) in [6, 6.07) is 7.43. The fourth-order valence-corrected chi connectivity index (χ4v) is 3.67. The summed E-state index contributed by atoms with van der Waals surface area (Å²) in [4.78, 5) is 14.9. The van der Waals surface area contributed by atoms with Gasteiger partial charge in [0.05, 0.1) is 24.8 Å². The largest absolute Gasteiger partial charge is 0.479 e. The van der Waals surface area contributed by atoms with E-state index in [2.05, 4.69) is 10.2 Å². The van der Waals surface area contributed by atoms with Crippen molar-refractivity contribution in [3.63, 3.8) is 0 Å². The third kappa shape index (κ3) is 5.10. The third-order valence-corrected chi connectivity index (χ3v) is 5.33. The molecule has 0 bridgehead atoms. The first-order chi connectivity index (χ1) is 12.6. The lowest BCUT2D eigenvalue weighted by molar-refractivity contribution is -0.127. The molecule has 3 atom stereocenters. The molecule has 0 saturated carbocycles. The van der Waals surface area contributed by atoms with Crippen molar-refractivity contribution in [3.05, 3.63) is 29.3 Å². The average Bonchev–Trinajstić information content (AvgIpc) is 3.19. The molecular formula is C19H27ClN2O4. The molecule has 0 spiro atoms. The molecule has 1 aromatic carbocycles. The van der Waals surface area contributed by atoms with Crippen molar-refractivity contribution < 1.29 is 19.0 Å². The number of benzene rings is 1. The standard InChI is InChI=1S/C19H27ClN2O4/c1-14(26-18-5-3-2-4-16(18)20)19(23)21-12-17(15-6-9-25-13-15)22-7-10-24-11-8-22/h2-5,14-15,17H,6-13H2,1H3,(H,21,23). The van der Waals surface area contributed by atoms with Gasteiger partial charge in [-0.05, 0) is 25.5 Å². The minimum atomic E-state index is -0.611. The highest BCUT2D eigenvalue weighted by Gasteiger charge is 2.32. The van der Waals surface area contributed by atoms with Gasteiger partial charge in [-0.2, -0.15) is 0 Å². The zero-order valence-electron chi connectivity index (χ0n) is 15.2. The van der Waals surface area contributed by atoms with Crippen LogP contribution in [-0.4, -0.2) is 69.0 Å². The van der Waals surface area contributed by atoms with Gasteiger partial charge in [-0.1, -0.05) is 23.7 Å². The fraction of sp³-hybridized carbons (Fsp3) is 0.632. The van der Waals surface area contributed by atoms with E-state index in [0.717, 1.165) is 45.9 Å². The Bertz CT molecular complexity index is 589. The zero-order valence-corrected chi connectivity index (χ0v) is 15.9. The Balaban J connectivity index is 1.55. The number of nitrogens with one attached hydrogen (secondary N) is 1. The van der Waals surface area contributed by atoms with Crippen molar-refractivity contribution >= 4 is 17.5 Å². The molecule has 2 aliphatic rings. The lowest BCUT2D eigenvalue weighted by atomic mass is 9.97. The van der Waals surface area contributed by atoms with Crippen molar-refractivity contribution in [2.24, 2.45) is 5.92 Å². The summed E-state index contributed by atoms with van der Waals surface area (Å²) in [7, 11) is 0. The molecule has 2 saturated heterocycles. The number of carbonyl (C=O) groups excluding carboxylic acids is 1. The first-order valence-corrected chi connectivity index (χ1v) is 9.61. The van der Waals surface area contributed by atoms with E-state index in [1.807, 2.05) is 12.1 Å². The van der Waals surface area contributed by atoms with Crippen LogP contribution in [0.5, 0.6) is 5.75 Å². The van der Waals surface area contributed by atoms with E-state index in [9.17, 15) is 4.79 Å². The molecule has 6 nitrogen and oxygen atoms in total. The van der Waals surface area contributed by atoms with Crippen LogP contribution in [0, 0.1) is 5.92 Å². The molecule has 2 aliphatic heterocycles. The maximum atomic E-state index is 12.5. The highest BCUT2D eigenvalue weighted by molar-refractivity contribution is 6.32. The lowest BCUT2D eigenvalue weighted by Crippen LogP contribution is -2.53. The summed E-state index contributed by atoms with van der Waals surface area (Å²) < 4.78 is 16.7. The number of hydrogen-bond donors (Lipinski definition) is 1. The summed E-state index contributed by atoms with van der Waals surface area (Å²) in [5.74, 6) is 0.820. The van der Waals surface area contributed by atoms with Crippen molar-refractivity contribution in [3.8, 4) is 5.75 Å². The van der Waals surface area contributed by atoms with Gasteiger partial charge in [-0.3, -0.25) is 9.69 Å². The minimum Gasteiger partial charge on any atom is -0.479 e. The second-order valence-corrected chi connectivity index (χ2v) is 7.18. The van der Waals surface area contributed by atoms with Crippen LogP contribution in [-0.2, 0) is 14.3 Å². The molecule has 7 heteroatoms. The van der Waals surface area contributed by atoms with Gasteiger partial charge >= 0.3 is 0 Å². The highest BCUT2D eigenvalue weighted by atomic mass is 35.5. The molecule has 2 fully saturated rings. The lowest BCUT2D eigenvalue weighted by Gasteiger charge is -2.37. The Labute approximate surface area is 159 Å². The quantitative estimate of drug-likeness (QED) is 0.781. The van der Waals surface area contributed by atoms with E-state index in [-0.39, 0.29) is 11.9 Å². The van der Waals surface area contributed by atoms with Crippen molar-refractivity contribution in [2.45, 2.75) is 25.5 Å². The number of ether oxygens (including phenoxy) is 3. The Hall–Kier alpha value is -1.34. The van der Waals surface area contributed by atoms with Crippen molar-refractivity contribution in [1.29, 1.82) is 0 Å². The van der Waals surface area contributed by atoms with Gasteiger partial charge < -0.3 is 19.5 Å². The van der Waals surface area contributed by atoms with Crippen molar-refractivity contribution in [1.82, 2.24) is 10.2 Å². The molecule has 0 radical (unpaired) electrons. The Kier molecular flexibility index (Phi) is 7.14.